The van der Waals surface area contributed by atoms with Gasteiger partial charge in [-0.2, -0.15) is 0 Å². The van der Waals surface area contributed by atoms with Crippen LogP contribution in [0.2, 0.25) is 0 Å². The number of carbonyl (C=O) groups is 1. The summed E-state index contributed by atoms with van der Waals surface area (Å²) in [4.78, 5) is 16.7. The van der Waals surface area contributed by atoms with E-state index < -0.39 is 0 Å². The molecule has 2 rings (SSSR count). The fourth-order valence-corrected chi connectivity index (χ4v) is 3.02. The molecule has 1 amide bonds. The molecule has 0 spiro atoms. The molecule has 1 aromatic heterocycles. The standard InChI is InChI=1S/C16H28N4O/c1-5-12(11-9-7-6-8-10-11)17-14(21)13-18-15(20-19-13)16(2,3)4/h11-12H,5-10H2,1-4H3,(H,17,21)(H,18,19,20). The molecule has 1 aliphatic carbocycles. The summed E-state index contributed by atoms with van der Waals surface area (Å²) in [6.45, 7) is 8.28. The fourth-order valence-electron chi connectivity index (χ4n) is 3.02. The molecule has 1 aromatic rings. The molecular formula is C16H28N4O. The molecule has 0 aliphatic heterocycles. The van der Waals surface area contributed by atoms with Crippen LogP contribution in [0.5, 0.6) is 0 Å². The number of nitrogens with zero attached hydrogens (tertiary/aromatic N) is 2. The maximum absolute atomic E-state index is 12.3. The lowest BCUT2D eigenvalue weighted by molar-refractivity contribution is 0.0901. The van der Waals surface area contributed by atoms with Gasteiger partial charge in [0.25, 0.3) is 5.91 Å². The smallest absolute Gasteiger partial charge is 0.291 e. The zero-order valence-corrected chi connectivity index (χ0v) is 13.7. The van der Waals surface area contributed by atoms with Crippen molar-refractivity contribution in [3.63, 3.8) is 0 Å². The van der Waals surface area contributed by atoms with Gasteiger partial charge in [-0.25, -0.2) is 4.98 Å². The minimum absolute atomic E-state index is 0.126. The zero-order valence-electron chi connectivity index (χ0n) is 13.7. The van der Waals surface area contributed by atoms with Gasteiger partial charge in [-0.3, -0.25) is 9.89 Å². The second-order valence-corrected chi connectivity index (χ2v) is 7.14. The van der Waals surface area contributed by atoms with Gasteiger partial charge in [0.1, 0.15) is 5.82 Å². The summed E-state index contributed by atoms with van der Waals surface area (Å²) in [7, 11) is 0. The van der Waals surface area contributed by atoms with Crippen molar-refractivity contribution in [1.29, 1.82) is 0 Å². The van der Waals surface area contributed by atoms with E-state index in [1.165, 1.54) is 32.1 Å². The Morgan fingerprint density at radius 3 is 2.52 bits per heavy atom. The molecule has 1 saturated carbocycles. The zero-order chi connectivity index (χ0) is 15.5. The van der Waals surface area contributed by atoms with E-state index in [0.29, 0.717) is 5.92 Å². The average molecular weight is 292 g/mol. The molecule has 118 valence electrons. The van der Waals surface area contributed by atoms with Crippen molar-refractivity contribution in [2.45, 2.75) is 77.7 Å². The van der Waals surface area contributed by atoms with Crippen LogP contribution in [0, 0.1) is 5.92 Å². The Morgan fingerprint density at radius 1 is 1.33 bits per heavy atom. The van der Waals surface area contributed by atoms with E-state index in [1.54, 1.807) is 0 Å². The van der Waals surface area contributed by atoms with Gasteiger partial charge in [-0.15, -0.1) is 5.10 Å². The van der Waals surface area contributed by atoms with E-state index in [0.717, 1.165) is 12.2 Å². The molecular weight excluding hydrogens is 264 g/mol. The van der Waals surface area contributed by atoms with Gasteiger partial charge in [0.15, 0.2) is 0 Å². The predicted octanol–water partition coefficient (Wildman–Crippen LogP) is 3.19. The van der Waals surface area contributed by atoms with Crippen LogP contribution in [-0.2, 0) is 5.41 Å². The number of hydrogen-bond donors (Lipinski definition) is 2. The number of H-pyrrole nitrogens is 1. The highest BCUT2D eigenvalue weighted by Gasteiger charge is 2.26. The molecule has 1 atom stereocenters. The topological polar surface area (TPSA) is 70.7 Å². The van der Waals surface area contributed by atoms with Crippen LogP contribution in [0.15, 0.2) is 0 Å². The number of hydrogen-bond acceptors (Lipinski definition) is 3. The first kappa shape index (κ1) is 16.0. The van der Waals surface area contributed by atoms with Crippen LogP contribution in [0.25, 0.3) is 0 Å². The molecule has 0 aromatic carbocycles. The molecule has 1 aliphatic rings. The predicted molar refractivity (Wildman–Crippen MR) is 83.2 cm³/mol. The SMILES string of the molecule is CCC(NC(=O)c1n[nH]c(C(C)(C)C)n1)C1CCCCC1. The van der Waals surface area contributed by atoms with Crippen LogP contribution in [0.1, 0.15) is 82.7 Å². The van der Waals surface area contributed by atoms with E-state index >= 15 is 0 Å². The van der Waals surface area contributed by atoms with Gasteiger partial charge >= 0.3 is 0 Å². The third-order valence-corrected chi connectivity index (χ3v) is 4.37. The quantitative estimate of drug-likeness (QED) is 0.895. The van der Waals surface area contributed by atoms with Gasteiger partial charge in [-0.05, 0) is 25.2 Å². The summed E-state index contributed by atoms with van der Waals surface area (Å²) in [5.41, 5.74) is -0.126. The van der Waals surface area contributed by atoms with E-state index in [1.807, 2.05) is 20.8 Å². The van der Waals surface area contributed by atoms with E-state index in [2.05, 4.69) is 27.4 Å². The Bertz CT molecular complexity index is 469. The highest BCUT2D eigenvalue weighted by atomic mass is 16.2. The molecule has 1 unspecified atom stereocenters. The summed E-state index contributed by atoms with van der Waals surface area (Å²) >= 11 is 0. The number of amides is 1. The number of aromatic nitrogens is 3. The lowest BCUT2D eigenvalue weighted by Gasteiger charge is -2.29. The Balaban J connectivity index is 2.00. The summed E-state index contributed by atoms with van der Waals surface area (Å²) < 4.78 is 0. The molecule has 0 saturated heterocycles. The average Bonchev–Trinajstić information content (AvgIpc) is 2.95. The third-order valence-electron chi connectivity index (χ3n) is 4.37. The van der Waals surface area contributed by atoms with Crippen molar-refractivity contribution in [2.24, 2.45) is 5.92 Å². The highest BCUT2D eigenvalue weighted by molar-refractivity contribution is 5.90. The maximum Gasteiger partial charge on any atom is 0.291 e. The van der Waals surface area contributed by atoms with Crippen molar-refractivity contribution >= 4 is 5.91 Å². The molecule has 0 radical (unpaired) electrons. The second-order valence-electron chi connectivity index (χ2n) is 7.14. The molecule has 21 heavy (non-hydrogen) atoms. The largest absolute Gasteiger partial charge is 0.346 e. The van der Waals surface area contributed by atoms with Crippen molar-refractivity contribution in [2.75, 3.05) is 0 Å². The first-order valence-corrected chi connectivity index (χ1v) is 8.15. The molecule has 2 N–H and O–H groups in total. The molecule has 1 heterocycles. The van der Waals surface area contributed by atoms with E-state index in [9.17, 15) is 4.79 Å². The summed E-state index contributed by atoms with van der Waals surface area (Å²) in [6, 6.07) is 0.245. The van der Waals surface area contributed by atoms with Crippen LogP contribution >= 0.6 is 0 Å². The van der Waals surface area contributed by atoms with Gasteiger partial charge in [0.05, 0.1) is 0 Å². The Hall–Kier alpha value is -1.39. The van der Waals surface area contributed by atoms with Crippen LogP contribution < -0.4 is 5.32 Å². The number of carbonyl (C=O) groups excluding carboxylic acids is 1. The molecule has 5 heteroatoms. The van der Waals surface area contributed by atoms with Crippen molar-refractivity contribution in [3.05, 3.63) is 11.6 Å². The molecule has 5 nitrogen and oxygen atoms in total. The fraction of sp³-hybridized carbons (Fsp3) is 0.812. The van der Waals surface area contributed by atoms with E-state index in [-0.39, 0.29) is 23.2 Å². The first-order valence-electron chi connectivity index (χ1n) is 8.15. The Kier molecular flexibility index (Phi) is 5.01. The molecule has 1 fully saturated rings. The minimum atomic E-state index is -0.154. The number of rotatable bonds is 4. The number of nitrogens with one attached hydrogen (secondary N) is 2. The van der Waals surface area contributed by atoms with Crippen molar-refractivity contribution in [1.82, 2.24) is 20.5 Å². The Labute approximate surface area is 127 Å². The minimum Gasteiger partial charge on any atom is -0.346 e. The summed E-state index contributed by atoms with van der Waals surface area (Å²) in [5.74, 6) is 1.46. The first-order chi connectivity index (χ1) is 9.91. The van der Waals surface area contributed by atoms with Crippen LogP contribution in [0.4, 0.5) is 0 Å². The third kappa shape index (κ3) is 4.05. The van der Waals surface area contributed by atoms with E-state index in [4.69, 9.17) is 0 Å². The normalized spacial score (nSPS) is 18.5. The summed E-state index contributed by atoms with van der Waals surface area (Å²) in [6.07, 6.45) is 7.31. The lowest BCUT2D eigenvalue weighted by Crippen LogP contribution is -2.41. The lowest BCUT2D eigenvalue weighted by atomic mass is 9.83. The second kappa shape index (κ2) is 6.58. The molecule has 0 bridgehead atoms. The van der Waals surface area contributed by atoms with Crippen molar-refractivity contribution < 1.29 is 4.79 Å². The van der Waals surface area contributed by atoms with Crippen molar-refractivity contribution in [3.8, 4) is 0 Å². The van der Waals surface area contributed by atoms with Gasteiger partial charge in [-0.1, -0.05) is 47.0 Å². The van der Waals surface area contributed by atoms with Gasteiger partial charge < -0.3 is 5.32 Å². The summed E-state index contributed by atoms with van der Waals surface area (Å²) in [5, 5.41) is 10.1. The maximum atomic E-state index is 12.3. The number of aromatic amines is 1. The monoisotopic (exact) mass is 292 g/mol. The Morgan fingerprint density at radius 2 is 2.00 bits per heavy atom. The van der Waals surface area contributed by atoms with Crippen LogP contribution in [0.3, 0.4) is 0 Å². The highest BCUT2D eigenvalue weighted by Crippen LogP contribution is 2.27. The van der Waals surface area contributed by atoms with Crippen LogP contribution in [-0.4, -0.2) is 27.1 Å². The van der Waals surface area contributed by atoms with Gasteiger partial charge in [0.2, 0.25) is 5.82 Å². The van der Waals surface area contributed by atoms with Gasteiger partial charge in [0, 0.05) is 11.5 Å².